The van der Waals surface area contributed by atoms with Gasteiger partial charge in [0, 0.05) is 48.5 Å². The van der Waals surface area contributed by atoms with Gasteiger partial charge in [0.2, 0.25) is 0 Å². The molecule has 21 heteroatoms. The van der Waals surface area contributed by atoms with Gasteiger partial charge < -0.3 is 97.4 Å². The summed E-state index contributed by atoms with van der Waals surface area (Å²) in [4.78, 5) is 18.0. The Morgan fingerprint density at radius 1 is 0.200 bits per heavy atom. The largest absolute Gasteiger partial charge is 4.00 e. The smallest absolute Gasteiger partial charge is 0.723 e. The average molecular weight is 1560 g/mol. The van der Waals surface area contributed by atoms with Gasteiger partial charge in [-0.2, -0.15) is 0 Å². The first-order valence-electron chi connectivity index (χ1n) is 39.5. The van der Waals surface area contributed by atoms with Crippen LogP contribution in [0.25, 0.3) is 0 Å². The van der Waals surface area contributed by atoms with Crippen molar-refractivity contribution in [3.63, 3.8) is 0 Å². The zero-order chi connectivity index (χ0) is 77.7. The third-order valence-corrected chi connectivity index (χ3v) is 16.5. The van der Waals surface area contributed by atoms with E-state index in [1.165, 1.54) is 0 Å². The molecule has 600 valence electrons. The first-order chi connectivity index (χ1) is 50.0. The molecule has 20 nitrogen and oxygen atoms in total. The van der Waals surface area contributed by atoms with Crippen molar-refractivity contribution in [2.24, 2.45) is 0 Å². The van der Waals surface area contributed by atoms with Crippen LogP contribution in [0.1, 0.15) is 315 Å². The summed E-state index contributed by atoms with van der Waals surface area (Å²) >= 11 is 0. The van der Waals surface area contributed by atoms with Gasteiger partial charge in [-0.3, -0.25) is 0 Å². The van der Waals surface area contributed by atoms with E-state index in [-0.39, 0.29) is 26.2 Å². The zero-order valence-electron chi connectivity index (χ0n) is 68.7. The number of ether oxygens (including phenoxy) is 12. The van der Waals surface area contributed by atoms with Crippen LogP contribution in [0.2, 0.25) is 0 Å². The van der Waals surface area contributed by atoms with Crippen molar-refractivity contribution >= 4 is 0 Å². The van der Waals surface area contributed by atoms with Crippen molar-refractivity contribution in [2.45, 2.75) is 315 Å². The molecule has 105 heavy (non-hydrogen) atoms. The topological polar surface area (TPSA) is 240 Å². The van der Waals surface area contributed by atoms with Crippen LogP contribution in [0.3, 0.4) is 0 Å². The fraction of sp³-hybridized carbons (Fsp3) is 0.714. The molecular formula is C84H140O20Zr. The van der Waals surface area contributed by atoms with E-state index in [2.05, 4.69) is 103 Å². The third-order valence-electron chi connectivity index (χ3n) is 16.5. The van der Waals surface area contributed by atoms with Gasteiger partial charge >= 0.3 is 26.2 Å². The molecule has 4 aromatic rings. The first-order valence-corrected chi connectivity index (χ1v) is 39.5. The van der Waals surface area contributed by atoms with Gasteiger partial charge in [0.15, 0.2) is 0 Å². The van der Waals surface area contributed by atoms with Gasteiger partial charge in [-0.1, -0.05) is 160 Å². The second-order valence-electron chi connectivity index (χ2n) is 28.0. The first kappa shape index (κ1) is 100. The second-order valence-corrected chi connectivity index (χ2v) is 28.0. The molecule has 0 spiro atoms. The number of unbranched alkanes of at least 4 members (excludes halogenated alkanes) is 12. The molecule has 0 saturated heterocycles. The van der Waals surface area contributed by atoms with Crippen molar-refractivity contribution in [3.05, 3.63) is 70.8 Å². The standard InChI is InChI=1S/4C21H36O5.Zr/c4*1-6-9-12-23-17-15-18(24-13-10-7-2)20(21(4,5)26-22)19(16-17)25-14-11-8-3;/h4*15-16,22H,6-14H2,1-5H3;/q;;;;+4/p-4. The molecule has 0 atom stereocenters. The molecule has 0 fully saturated rings. The normalized spacial score (nSPS) is 11.4. The summed E-state index contributed by atoms with van der Waals surface area (Å²) in [6, 6.07) is 14.7. The maximum Gasteiger partial charge on any atom is 4.00 e. The van der Waals surface area contributed by atoms with E-state index in [0.717, 1.165) is 154 Å². The van der Waals surface area contributed by atoms with E-state index in [9.17, 15) is 21.0 Å². The molecule has 0 aliphatic heterocycles. The molecule has 0 aliphatic carbocycles. The molecule has 0 heterocycles. The van der Waals surface area contributed by atoms with E-state index in [1.807, 2.05) is 48.5 Å². The number of hydrogen-bond acceptors (Lipinski definition) is 20. The molecule has 4 aromatic carbocycles. The average Bonchev–Trinajstić information content (AvgIpc) is 0.813. The zero-order valence-corrected chi connectivity index (χ0v) is 71.2. The predicted octanol–water partition coefficient (Wildman–Crippen LogP) is 19.0. The van der Waals surface area contributed by atoms with Crippen LogP contribution in [0.5, 0.6) is 69.0 Å². The van der Waals surface area contributed by atoms with E-state index < -0.39 is 22.4 Å². The molecule has 0 bridgehead atoms. The Labute approximate surface area is 653 Å². The van der Waals surface area contributed by atoms with E-state index in [0.29, 0.717) is 171 Å². The van der Waals surface area contributed by atoms with Crippen LogP contribution in [-0.2, 0) is 68.2 Å². The Morgan fingerprint density at radius 2 is 0.305 bits per heavy atom. The molecule has 0 radical (unpaired) electrons. The minimum atomic E-state index is -1.06. The van der Waals surface area contributed by atoms with Gasteiger partial charge in [0.25, 0.3) is 0 Å². The molecule has 0 unspecified atom stereocenters. The Balaban J connectivity index is 0.00000137. The summed E-state index contributed by atoms with van der Waals surface area (Å²) in [5.74, 6) is 7.56. The van der Waals surface area contributed by atoms with E-state index >= 15 is 0 Å². The minimum Gasteiger partial charge on any atom is -0.723 e. The molecule has 0 amide bonds. The Bertz CT molecular complexity index is 2310. The van der Waals surface area contributed by atoms with Crippen molar-refractivity contribution in [1.82, 2.24) is 0 Å². The van der Waals surface area contributed by atoms with E-state index in [4.69, 9.17) is 56.8 Å². The summed E-state index contributed by atoms with van der Waals surface area (Å²) < 4.78 is 71.3. The van der Waals surface area contributed by atoms with Crippen LogP contribution in [0.15, 0.2) is 48.5 Å². The Hall–Kier alpha value is -4.96. The summed E-state index contributed by atoms with van der Waals surface area (Å²) in [6.07, 6.45) is 23.9. The number of rotatable bonds is 56. The maximum atomic E-state index is 11.4. The monoisotopic (exact) mass is 1560 g/mol. The molecule has 4 rings (SSSR count). The predicted molar refractivity (Wildman–Crippen MR) is 407 cm³/mol. The quantitative estimate of drug-likeness (QED) is 0.0227. The van der Waals surface area contributed by atoms with Crippen LogP contribution < -0.4 is 77.9 Å². The van der Waals surface area contributed by atoms with Gasteiger partial charge in [-0.15, -0.1) is 0 Å². The van der Waals surface area contributed by atoms with Crippen molar-refractivity contribution < 1.29 is 124 Å². The second kappa shape index (κ2) is 59.0. The molecular weight excluding hydrogens is 1420 g/mol. The molecule has 0 aliphatic rings. The molecule has 0 saturated carbocycles. The van der Waals surface area contributed by atoms with Gasteiger partial charge in [0.1, 0.15) is 69.0 Å². The molecule has 0 aromatic heterocycles. The summed E-state index contributed by atoms with van der Waals surface area (Å²) in [5.41, 5.74) is -1.69. The van der Waals surface area contributed by atoms with Gasteiger partial charge in [-0.25, -0.2) is 0 Å². The van der Waals surface area contributed by atoms with Crippen LogP contribution in [0.4, 0.5) is 0 Å². The third kappa shape index (κ3) is 38.8. The van der Waals surface area contributed by atoms with Crippen molar-refractivity contribution in [2.75, 3.05) is 79.3 Å². The fourth-order valence-corrected chi connectivity index (χ4v) is 10.00. The van der Waals surface area contributed by atoms with Gasteiger partial charge in [-0.05, 0) is 132 Å². The van der Waals surface area contributed by atoms with Gasteiger partial charge in [0.05, 0.1) is 124 Å². The fourth-order valence-electron chi connectivity index (χ4n) is 10.00. The summed E-state index contributed by atoms with van der Waals surface area (Å²) in [6.45, 7) is 46.4. The van der Waals surface area contributed by atoms with E-state index in [1.54, 1.807) is 55.4 Å². The minimum absolute atomic E-state index is 0. The van der Waals surface area contributed by atoms with Crippen LogP contribution in [-0.4, -0.2) is 79.3 Å². The maximum absolute atomic E-state index is 11.4. The number of hydrogen-bond donors (Lipinski definition) is 0. The van der Waals surface area contributed by atoms with Crippen molar-refractivity contribution in [1.29, 1.82) is 0 Å². The summed E-state index contributed by atoms with van der Waals surface area (Å²) in [5, 5.41) is 45.5. The van der Waals surface area contributed by atoms with Crippen molar-refractivity contribution in [3.8, 4) is 69.0 Å². The Morgan fingerprint density at radius 3 is 0.400 bits per heavy atom. The molecule has 0 N–H and O–H groups in total. The SMILES string of the molecule is CCCCOc1cc(OCCCC)c(C(C)(C)O[O-])c(OCCCC)c1.CCCCOc1cc(OCCCC)c(C(C)(C)O[O-])c(OCCCC)c1.CCCCOc1cc(OCCCC)c(C(C)(C)O[O-])c(OCCCC)c1.CCCCOc1cc(OCCCC)c(C(C)(C)O[O-])c(OCCCC)c1.[Zr+4]. The summed E-state index contributed by atoms with van der Waals surface area (Å²) in [7, 11) is 0. The Kier molecular flexibility index (Phi) is 56.2. The van der Waals surface area contributed by atoms with Crippen LogP contribution in [0, 0.1) is 0 Å². The van der Waals surface area contributed by atoms with Crippen LogP contribution >= 0.6 is 0 Å². The number of benzene rings is 4.